The summed E-state index contributed by atoms with van der Waals surface area (Å²) in [4.78, 5) is 25.9. The first-order valence-electron chi connectivity index (χ1n) is 10.7. The van der Waals surface area contributed by atoms with Gasteiger partial charge in [-0.1, -0.05) is 12.1 Å². The van der Waals surface area contributed by atoms with Crippen LogP contribution >= 0.6 is 24.0 Å². The molecule has 8 heteroatoms. The van der Waals surface area contributed by atoms with Gasteiger partial charge in [-0.2, -0.15) is 0 Å². The Morgan fingerprint density at radius 3 is 2.17 bits per heavy atom. The van der Waals surface area contributed by atoms with Crippen molar-refractivity contribution in [1.82, 2.24) is 20.0 Å². The predicted octanol–water partition coefficient (Wildman–Crippen LogP) is 2.07. The summed E-state index contributed by atoms with van der Waals surface area (Å²) >= 11 is 0. The lowest BCUT2D eigenvalue weighted by Gasteiger charge is -2.39. The summed E-state index contributed by atoms with van der Waals surface area (Å²) in [5, 5.41) is 3.48. The molecule has 1 N–H and O–H groups in total. The van der Waals surface area contributed by atoms with Gasteiger partial charge in [-0.15, -0.1) is 24.0 Å². The normalized spacial score (nSPS) is 18.7. The summed E-state index contributed by atoms with van der Waals surface area (Å²) in [6.07, 6.45) is 2.29. The van der Waals surface area contributed by atoms with Crippen LogP contribution in [0.1, 0.15) is 25.3 Å². The highest BCUT2D eigenvalue weighted by molar-refractivity contribution is 14.0. The molecule has 1 amide bonds. The van der Waals surface area contributed by atoms with E-state index < -0.39 is 0 Å². The number of likely N-dealkylation sites (tertiary alicyclic amines) is 1. The molecule has 7 nitrogen and oxygen atoms in total. The van der Waals surface area contributed by atoms with Crippen LogP contribution in [0.25, 0.3) is 0 Å². The third kappa shape index (κ3) is 6.23. The molecule has 0 spiro atoms. The van der Waals surface area contributed by atoms with Gasteiger partial charge in [-0.25, -0.2) is 0 Å². The maximum atomic E-state index is 12.7. The monoisotopic (exact) mass is 528 g/mol. The molecule has 2 aliphatic heterocycles. The lowest BCUT2D eigenvalue weighted by molar-refractivity contribution is -0.135. The van der Waals surface area contributed by atoms with Crippen LogP contribution in [0.4, 0.5) is 5.69 Å². The fraction of sp³-hybridized carbons (Fsp3) is 0.636. The number of hydrogen-bond acceptors (Lipinski definition) is 4. The molecule has 1 aromatic carbocycles. The summed E-state index contributed by atoms with van der Waals surface area (Å²) in [6, 6.07) is 8.55. The van der Waals surface area contributed by atoms with Crippen molar-refractivity contribution < 1.29 is 4.79 Å². The number of benzene rings is 1. The van der Waals surface area contributed by atoms with E-state index in [4.69, 9.17) is 0 Å². The molecule has 0 bridgehead atoms. The van der Waals surface area contributed by atoms with Gasteiger partial charge >= 0.3 is 0 Å². The molecular weight excluding hydrogens is 491 g/mol. The van der Waals surface area contributed by atoms with Gasteiger partial charge in [0.2, 0.25) is 5.91 Å². The van der Waals surface area contributed by atoms with Crippen molar-refractivity contribution in [3.63, 3.8) is 0 Å². The Labute approximate surface area is 198 Å². The average molecular weight is 528 g/mol. The summed E-state index contributed by atoms with van der Waals surface area (Å²) in [6.45, 7) is 8.21. The number of amides is 1. The van der Waals surface area contributed by atoms with E-state index in [1.165, 1.54) is 11.3 Å². The molecule has 1 atom stereocenters. The number of anilines is 1. The third-order valence-electron chi connectivity index (χ3n) is 6.05. The molecule has 3 rings (SSSR count). The van der Waals surface area contributed by atoms with Crippen molar-refractivity contribution >= 4 is 41.5 Å². The van der Waals surface area contributed by atoms with E-state index in [1.54, 1.807) is 0 Å². The maximum Gasteiger partial charge on any atom is 0.239 e. The molecule has 1 unspecified atom stereocenters. The quantitative estimate of drug-likeness (QED) is 0.361. The van der Waals surface area contributed by atoms with Crippen molar-refractivity contribution in [3.8, 4) is 0 Å². The van der Waals surface area contributed by atoms with Crippen LogP contribution in [0.15, 0.2) is 29.3 Å². The number of halogens is 1. The molecule has 2 saturated heterocycles. The third-order valence-corrected chi connectivity index (χ3v) is 6.05. The van der Waals surface area contributed by atoms with Gasteiger partial charge < -0.3 is 20.0 Å². The average Bonchev–Trinajstić information content (AvgIpc) is 3.29. The van der Waals surface area contributed by atoms with Gasteiger partial charge in [0, 0.05) is 72.6 Å². The fourth-order valence-electron chi connectivity index (χ4n) is 4.10. The first-order chi connectivity index (χ1) is 14.0. The highest BCUT2D eigenvalue weighted by Gasteiger charge is 2.30. The Morgan fingerprint density at radius 2 is 1.63 bits per heavy atom. The molecule has 2 heterocycles. The van der Waals surface area contributed by atoms with Crippen molar-refractivity contribution in [1.29, 1.82) is 0 Å². The smallest absolute Gasteiger partial charge is 0.239 e. The zero-order chi connectivity index (χ0) is 20.8. The van der Waals surface area contributed by atoms with E-state index in [1.807, 2.05) is 26.0 Å². The molecule has 2 aliphatic rings. The van der Waals surface area contributed by atoms with Gasteiger partial charge in [0.1, 0.15) is 0 Å². The number of aliphatic imine (C=N–C) groups is 1. The number of guanidine groups is 1. The van der Waals surface area contributed by atoms with Crippen molar-refractivity contribution in [2.24, 2.45) is 4.99 Å². The van der Waals surface area contributed by atoms with Crippen LogP contribution in [0.5, 0.6) is 0 Å². The molecule has 0 saturated carbocycles. The summed E-state index contributed by atoms with van der Waals surface area (Å²) in [7, 11) is 5.94. The minimum Gasteiger partial charge on any atom is -0.378 e. The molecule has 168 valence electrons. The first kappa shape index (κ1) is 24.7. The van der Waals surface area contributed by atoms with Gasteiger partial charge in [-0.05, 0) is 37.5 Å². The Hall–Kier alpha value is -1.55. The summed E-state index contributed by atoms with van der Waals surface area (Å²) < 4.78 is 0. The summed E-state index contributed by atoms with van der Waals surface area (Å²) in [5.41, 5.74) is 2.44. The number of carbonyl (C=O) groups excluding carboxylic acids is 1. The Balaban J connectivity index is 0.00000320. The number of rotatable bonds is 5. The molecule has 1 aromatic rings. The van der Waals surface area contributed by atoms with Crippen LogP contribution in [-0.4, -0.2) is 93.0 Å². The van der Waals surface area contributed by atoms with Crippen molar-refractivity contribution in [2.45, 2.75) is 32.4 Å². The van der Waals surface area contributed by atoms with Gasteiger partial charge in [0.15, 0.2) is 5.96 Å². The molecule has 0 aromatic heterocycles. The van der Waals surface area contributed by atoms with Crippen LogP contribution in [-0.2, 0) is 11.3 Å². The van der Waals surface area contributed by atoms with E-state index in [9.17, 15) is 4.79 Å². The van der Waals surface area contributed by atoms with Crippen LogP contribution in [0.3, 0.4) is 0 Å². The molecule has 0 radical (unpaired) electrons. The van der Waals surface area contributed by atoms with Crippen LogP contribution < -0.4 is 10.2 Å². The molecule has 2 fully saturated rings. The Kier molecular flexibility index (Phi) is 9.67. The molecular formula is C22H37IN6O. The van der Waals surface area contributed by atoms with E-state index >= 15 is 0 Å². The van der Waals surface area contributed by atoms with Crippen LogP contribution in [0.2, 0.25) is 0 Å². The van der Waals surface area contributed by atoms with E-state index in [0.717, 1.165) is 64.6 Å². The summed E-state index contributed by atoms with van der Waals surface area (Å²) in [5.74, 6) is 1.22. The number of piperazine rings is 1. The highest BCUT2D eigenvalue weighted by atomic mass is 127. The van der Waals surface area contributed by atoms with Gasteiger partial charge in [0.25, 0.3) is 0 Å². The number of nitrogens with one attached hydrogen (secondary N) is 1. The van der Waals surface area contributed by atoms with Gasteiger partial charge in [-0.3, -0.25) is 14.7 Å². The predicted molar refractivity (Wildman–Crippen MR) is 135 cm³/mol. The Morgan fingerprint density at radius 1 is 1.03 bits per heavy atom. The zero-order valence-electron chi connectivity index (χ0n) is 18.8. The maximum absolute atomic E-state index is 12.7. The van der Waals surface area contributed by atoms with Gasteiger partial charge in [0.05, 0.1) is 6.04 Å². The second-order valence-corrected chi connectivity index (χ2v) is 8.19. The minimum absolute atomic E-state index is 0. The lowest BCUT2D eigenvalue weighted by atomic mass is 10.2. The number of carbonyl (C=O) groups is 1. The van der Waals surface area contributed by atoms with Crippen molar-refractivity contribution in [3.05, 3.63) is 29.8 Å². The van der Waals surface area contributed by atoms with Crippen molar-refractivity contribution in [2.75, 3.05) is 65.3 Å². The standard InChI is InChI=1S/C22H36N6O.HI/c1-18(21(29)27-11-5-6-12-27)26-13-15-28(16-14-26)22(23-2)24-17-19-7-9-20(10-8-19)25(3)4;/h7-10,18H,5-6,11-17H2,1-4H3,(H,23,24);1H. The van der Waals surface area contributed by atoms with Crippen LogP contribution in [0, 0.1) is 0 Å². The van der Waals surface area contributed by atoms with E-state index in [-0.39, 0.29) is 30.0 Å². The zero-order valence-corrected chi connectivity index (χ0v) is 21.1. The Bertz CT molecular complexity index is 694. The fourth-order valence-corrected chi connectivity index (χ4v) is 4.10. The minimum atomic E-state index is -0.0274. The SMILES string of the molecule is CN=C(NCc1ccc(N(C)C)cc1)N1CCN(C(C)C(=O)N2CCCC2)CC1.I. The topological polar surface area (TPSA) is 54.4 Å². The highest BCUT2D eigenvalue weighted by Crippen LogP contribution is 2.15. The molecule has 30 heavy (non-hydrogen) atoms. The van der Waals surface area contributed by atoms with E-state index in [0.29, 0.717) is 5.91 Å². The largest absolute Gasteiger partial charge is 0.378 e. The number of hydrogen-bond donors (Lipinski definition) is 1. The number of nitrogens with zero attached hydrogens (tertiary/aromatic N) is 5. The lowest BCUT2D eigenvalue weighted by Crippen LogP contribution is -2.57. The first-order valence-corrected chi connectivity index (χ1v) is 10.7. The van der Waals surface area contributed by atoms with E-state index in [2.05, 4.69) is 56.2 Å². The molecule has 0 aliphatic carbocycles. The second-order valence-electron chi connectivity index (χ2n) is 8.19. The second kappa shape index (κ2) is 11.7.